The van der Waals surface area contributed by atoms with Crippen molar-refractivity contribution in [2.24, 2.45) is 0 Å². The van der Waals surface area contributed by atoms with Crippen molar-refractivity contribution in [1.29, 1.82) is 0 Å². The third kappa shape index (κ3) is 5.18. The van der Waals surface area contributed by atoms with Crippen LogP contribution >= 0.6 is 11.8 Å². The number of thioether (sulfide) groups is 1. The Kier molecular flexibility index (Phi) is 6.87. The summed E-state index contributed by atoms with van der Waals surface area (Å²) in [5.41, 5.74) is 3.09. The number of fused-ring (bicyclic) bond motifs is 1. The molecule has 7 heteroatoms. The van der Waals surface area contributed by atoms with Crippen molar-refractivity contribution in [3.63, 3.8) is 0 Å². The lowest BCUT2D eigenvalue weighted by molar-refractivity contribution is -0.119. The number of carbonyl (C=O) groups is 3. The minimum absolute atomic E-state index is 0.00893. The van der Waals surface area contributed by atoms with Gasteiger partial charge in [-0.2, -0.15) is 0 Å². The number of carbonyl (C=O) groups excluding carboxylic acids is 3. The van der Waals surface area contributed by atoms with Gasteiger partial charge in [-0.15, -0.1) is 11.8 Å². The van der Waals surface area contributed by atoms with E-state index in [-0.39, 0.29) is 11.7 Å². The number of benzene rings is 3. The third-order valence-electron chi connectivity index (χ3n) is 5.04. The number of esters is 1. The zero-order chi connectivity index (χ0) is 22.3. The molecule has 3 aromatic carbocycles. The second-order valence-electron chi connectivity index (χ2n) is 7.20. The predicted octanol–water partition coefficient (Wildman–Crippen LogP) is 4.16. The van der Waals surface area contributed by atoms with Crippen LogP contribution < -0.4 is 10.2 Å². The number of hydrogen-bond acceptors (Lipinski definition) is 5. The van der Waals surface area contributed by atoms with Gasteiger partial charge in [-0.25, -0.2) is 4.79 Å². The maximum absolute atomic E-state index is 12.8. The van der Waals surface area contributed by atoms with Crippen molar-refractivity contribution in [2.45, 2.75) is 11.3 Å². The van der Waals surface area contributed by atoms with Gasteiger partial charge in [0, 0.05) is 22.8 Å². The molecule has 0 unspecified atom stereocenters. The quantitative estimate of drug-likeness (QED) is 0.436. The lowest BCUT2D eigenvalue weighted by Gasteiger charge is -2.17. The first-order valence-corrected chi connectivity index (χ1v) is 11.2. The smallest absolute Gasteiger partial charge is 0.339 e. The van der Waals surface area contributed by atoms with Crippen LogP contribution in [0.15, 0.2) is 83.8 Å². The van der Waals surface area contributed by atoms with Crippen LogP contribution in [0.5, 0.6) is 0 Å². The van der Waals surface area contributed by atoms with Crippen LogP contribution in [0.1, 0.15) is 15.9 Å². The molecule has 0 atom stereocenters. The number of anilines is 2. The molecule has 0 fully saturated rings. The molecule has 1 N–H and O–H groups in total. The fourth-order valence-corrected chi connectivity index (χ4v) is 4.42. The summed E-state index contributed by atoms with van der Waals surface area (Å²) < 4.78 is 5.20. The van der Waals surface area contributed by atoms with Gasteiger partial charge in [0.2, 0.25) is 5.91 Å². The summed E-state index contributed by atoms with van der Waals surface area (Å²) in [5, 5.41) is 2.67. The molecule has 4 rings (SSSR count). The lowest BCUT2D eigenvalue weighted by atomic mass is 10.2. The Labute approximate surface area is 190 Å². The molecular formula is C25H22N2O4S. The molecule has 6 nitrogen and oxygen atoms in total. The number of amides is 2. The number of para-hydroxylation sites is 2. The van der Waals surface area contributed by atoms with E-state index in [1.165, 1.54) is 17.3 Å². The average molecular weight is 447 g/mol. The van der Waals surface area contributed by atoms with E-state index in [9.17, 15) is 14.4 Å². The lowest BCUT2D eigenvalue weighted by Crippen LogP contribution is -2.30. The van der Waals surface area contributed by atoms with E-state index in [1.807, 2.05) is 30.3 Å². The Hall–Kier alpha value is -3.58. The highest BCUT2D eigenvalue weighted by Gasteiger charge is 2.24. The molecule has 0 spiro atoms. The van der Waals surface area contributed by atoms with E-state index < -0.39 is 18.5 Å². The van der Waals surface area contributed by atoms with Crippen LogP contribution in [0, 0.1) is 0 Å². The molecular weight excluding hydrogens is 424 g/mol. The number of rotatable bonds is 7. The summed E-state index contributed by atoms with van der Waals surface area (Å²) in [7, 11) is 0. The first-order chi connectivity index (χ1) is 15.6. The molecule has 0 aromatic heterocycles. The molecule has 0 saturated carbocycles. The second-order valence-corrected chi connectivity index (χ2v) is 8.22. The Balaban J connectivity index is 1.34. The Morgan fingerprint density at radius 1 is 0.906 bits per heavy atom. The fraction of sp³-hybridized carbons (Fsp3) is 0.160. The van der Waals surface area contributed by atoms with Crippen molar-refractivity contribution >= 4 is 40.9 Å². The van der Waals surface area contributed by atoms with Crippen molar-refractivity contribution in [2.75, 3.05) is 29.1 Å². The van der Waals surface area contributed by atoms with E-state index >= 15 is 0 Å². The summed E-state index contributed by atoms with van der Waals surface area (Å²) >= 11 is 1.29. The standard InChI is InChI=1S/C25H22N2O4S/c28-23(26-19-9-2-1-3-10-19)16-31-25(30)20-11-5-7-13-22(20)32-17-24(29)27-15-14-18-8-4-6-12-21(18)27/h1-13H,14-17H2,(H,26,28). The number of ether oxygens (including phenoxy) is 1. The second kappa shape index (κ2) is 10.2. The number of hydrogen-bond donors (Lipinski definition) is 1. The SMILES string of the molecule is O=C(COC(=O)c1ccccc1SCC(=O)N1CCc2ccccc21)Nc1ccccc1. The fourth-order valence-electron chi connectivity index (χ4n) is 3.50. The summed E-state index contributed by atoms with van der Waals surface area (Å²) in [6, 6.07) is 23.8. The molecule has 2 amide bonds. The number of nitrogens with zero attached hydrogens (tertiary/aromatic N) is 1. The molecule has 1 aliphatic heterocycles. The minimum Gasteiger partial charge on any atom is -0.452 e. The summed E-state index contributed by atoms with van der Waals surface area (Å²) in [6.07, 6.45) is 0.848. The molecule has 0 radical (unpaired) electrons. The maximum atomic E-state index is 12.8. The number of nitrogens with one attached hydrogen (secondary N) is 1. The van der Waals surface area contributed by atoms with Gasteiger partial charge in [-0.1, -0.05) is 48.5 Å². The predicted molar refractivity (Wildman–Crippen MR) is 125 cm³/mol. The van der Waals surface area contributed by atoms with Gasteiger partial charge in [-0.3, -0.25) is 9.59 Å². The maximum Gasteiger partial charge on any atom is 0.339 e. The summed E-state index contributed by atoms with van der Waals surface area (Å²) in [5.74, 6) is -0.828. The zero-order valence-electron chi connectivity index (χ0n) is 17.3. The third-order valence-corrected chi connectivity index (χ3v) is 6.10. The molecule has 0 bridgehead atoms. The first-order valence-electron chi connectivity index (χ1n) is 10.2. The van der Waals surface area contributed by atoms with Crippen molar-refractivity contribution in [3.8, 4) is 0 Å². The Morgan fingerprint density at radius 2 is 1.62 bits per heavy atom. The van der Waals surface area contributed by atoms with Crippen LogP contribution in [0.3, 0.4) is 0 Å². The van der Waals surface area contributed by atoms with Crippen LogP contribution in [-0.4, -0.2) is 36.7 Å². The highest BCUT2D eigenvalue weighted by Crippen LogP contribution is 2.30. The Bertz CT molecular complexity index is 1130. The van der Waals surface area contributed by atoms with Crippen LogP contribution in [-0.2, 0) is 20.7 Å². The van der Waals surface area contributed by atoms with E-state index in [4.69, 9.17) is 4.74 Å². The van der Waals surface area contributed by atoms with E-state index in [1.54, 1.807) is 53.4 Å². The van der Waals surface area contributed by atoms with Crippen LogP contribution in [0.25, 0.3) is 0 Å². The van der Waals surface area contributed by atoms with Gasteiger partial charge >= 0.3 is 5.97 Å². The van der Waals surface area contributed by atoms with Gasteiger partial charge in [0.1, 0.15) is 0 Å². The largest absolute Gasteiger partial charge is 0.452 e. The van der Waals surface area contributed by atoms with Crippen molar-refractivity contribution in [1.82, 2.24) is 0 Å². The molecule has 3 aromatic rings. The van der Waals surface area contributed by atoms with E-state index in [2.05, 4.69) is 5.32 Å². The van der Waals surface area contributed by atoms with Gasteiger partial charge in [0.05, 0.1) is 11.3 Å². The van der Waals surface area contributed by atoms with Gasteiger partial charge in [0.25, 0.3) is 5.91 Å². The van der Waals surface area contributed by atoms with Crippen LogP contribution in [0.4, 0.5) is 11.4 Å². The summed E-state index contributed by atoms with van der Waals surface area (Å²) in [6.45, 7) is 0.273. The molecule has 0 saturated heterocycles. The molecule has 1 aliphatic rings. The van der Waals surface area contributed by atoms with Gasteiger partial charge in [-0.05, 0) is 42.3 Å². The highest BCUT2D eigenvalue weighted by molar-refractivity contribution is 8.00. The topological polar surface area (TPSA) is 75.7 Å². The minimum atomic E-state index is -0.602. The van der Waals surface area contributed by atoms with Crippen molar-refractivity contribution in [3.05, 3.63) is 90.0 Å². The average Bonchev–Trinajstić information content (AvgIpc) is 3.26. The summed E-state index contributed by atoms with van der Waals surface area (Å²) in [4.78, 5) is 39.8. The van der Waals surface area contributed by atoms with Gasteiger partial charge in [0.15, 0.2) is 6.61 Å². The molecule has 162 valence electrons. The molecule has 32 heavy (non-hydrogen) atoms. The monoisotopic (exact) mass is 446 g/mol. The Morgan fingerprint density at radius 3 is 2.47 bits per heavy atom. The van der Waals surface area contributed by atoms with Crippen LogP contribution in [0.2, 0.25) is 0 Å². The molecule has 0 aliphatic carbocycles. The van der Waals surface area contributed by atoms with E-state index in [0.29, 0.717) is 22.7 Å². The first kappa shape index (κ1) is 21.6. The van der Waals surface area contributed by atoms with Gasteiger partial charge < -0.3 is 15.0 Å². The van der Waals surface area contributed by atoms with Crippen molar-refractivity contribution < 1.29 is 19.1 Å². The molecule has 1 heterocycles. The zero-order valence-corrected chi connectivity index (χ0v) is 18.1. The highest BCUT2D eigenvalue weighted by atomic mass is 32.2. The normalized spacial score (nSPS) is 12.2. The van der Waals surface area contributed by atoms with E-state index in [0.717, 1.165) is 12.1 Å².